The van der Waals surface area contributed by atoms with Crippen LogP contribution in [0.25, 0.3) is 10.4 Å². The van der Waals surface area contributed by atoms with Gasteiger partial charge in [0.05, 0.1) is 84.7 Å². The first-order valence-electron chi connectivity index (χ1n) is 31.4. The number of ether oxygens (including phenoxy) is 7. The molecule has 4 amide bonds. The summed E-state index contributed by atoms with van der Waals surface area (Å²) in [4.78, 5) is 65.6. The molecule has 0 unspecified atom stereocenters. The minimum Gasteiger partial charge on any atom is -0.491 e. The van der Waals surface area contributed by atoms with Gasteiger partial charge in [0.15, 0.2) is 5.11 Å². The zero-order chi connectivity index (χ0) is 66.4. The van der Waals surface area contributed by atoms with Crippen molar-refractivity contribution in [2.24, 2.45) is 5.92 Å². The van der Waals surface area contributed by atoms with Gasteiger partial charge >= 0.3 is 6.18 Å². The van der Waals surface area contributed by atoms with Crippen molar-refractivity contribution in [3.8, 4) is 28.0 Å². The number of halogens is 3. The monoisotopic (exact) mass is 1310 g/mol. The maximum absolute atomic E-state index is 14.1. The average Bonchev–Trinajstić information content (AvgIpc) is 1.59. The molecule has 24 heteroatoms. The number of amides is 4. The predicted octanol–water partition coefficient (Wildman–Crippen LogP) is 11.1. The van der Waals surface area contributed by atoms with Gasteiger partial charge in [-0.3, -0.25) is 24.1 Å². The Bertz CT molecular complexity index is 3290. The Morgan fingerprint density at radius 1 is 0.826 bits per heavy atom. The van der Waals surface area contributed by atoms with Crippen molar-refractivity contribution in [1.29, 1.82) is 5.26 Å². The molecule has 0 radical (unpaired) electrons. The number of alkyl halides is 3. The molecule has 3 aliphatic heterocycles. The fourth-order valence-electron chi connectivity index (χ4n) is 11.1. The first-order chi connectivity index (χ1) is 44.2. The number of thiazole rings is 1. The Balaban J connectivity index is 0.000000268. The molecule has 0 saturated carbocycles. The molecule has 4 aromatic carbocycles. The zero-order valence-electron chi connectivity index (χ0n) is 53.6. The number of nitriles is 1. The van der Waals surface area contributed by atoms with Gasteiger partial charge in [0.25, 0.3) is 11.8 Å². The first-order valence-corrected chi connectivity index (χ1v) is 32.6. The van der Waals surface area contributed by atoms with E-state index in [1.807, 2.05) is 62.7 Å². The first kappa shape index (κ1) is 72.3. The standard InChI is InChI=1S/C39H52N4O7S.C29H34F3N3O5S/c1-5-6-7-10-15-48-16-17-49-18-19-50-34-20-28(36-27(4)41-25-51-36)13-14-29(34)22-40-37(45)33-21-31(44)24-42(33)39(47)35(26(2)3)43-23-30-11-8-9-12-32(30)38(43)46;1-28(2)26(36)34(23-8-7-21(20-33)25(19-23)29(30,31)32)27(41)35(28)22-9-11-24(12-10-22)40-18-17-39-16-15-38-14-6-4-5-13-37-3/h8-9,11-14,20,25-26,31,33,35,44H,5-7,10,15-19,21-24H2,1-4H3,(H,40,45);7-12,19H,4-6,13-18H2,1-3H3/t31-,33+,35+;/m1./s1. The highest BCUT2D eigenvalue weighted by Crippen LogP contribution is 2.41. The minimum absolute atomic E-state index is 0.0241. The number of fused-ring (bicyclic) bond motifs is 1. The molecule has 8 rings (SSSR count). The molecule has 4 heterocycles. The highest BCUT2D eigenvalue weighted by molar-refractivity contribution is 7.81. The van der Waals surface area contributed by atoms with E-state index in [1.54, 1.807) is 78.5 Å². The number of rotatable bonds is 34. The number of aryl methyl sites for hydroxylation is 1. The Kier molecular flexibility index (Phi) is 27.7. The number of thiocarbonyl (C=S) groups is 1. The summed E-state index contributed by atoms with van der Waals surface area (Å²) in [7, 11) is 1.69. The van der Waals surface area contributed by atoms with Crippen molar-refractivity contribution in [3.63, 3.8) is 0 Å². The van der Waals surface area contributed by atoms with E-state index in [2.05, 4.69) is 17.2 Å². The fraction of sp³-hybridized carbons (Fsp3) is 0.515. The van der Waals surface area contributed by atoms with Crippen LogP contribution in [0.4, 0.5) is 24.5 Å². The summed E-state index contributed by atoms with van der Waals surface area (Å²) in [5.74, 6) is -0.403. The molecule has 2 N–H and O–H groups in total. The second-order valence-corrected chi connectivity index (χ2v) is 24.6. The van der Waals surface area contributed by atoms with Crippen LogP contribution in [0.1, 0.15) is 124 Å². The Morgan fingerprint density at radius 2 is 1.46 bits per heavy atom. The number of anilines is 2. The van der Waals surface area contributed by atoms with Crippen molar-refractivity contribution < 1.29 is 70.6 Å². The van der Waals surface area contributed by atoms with Crippen LogP contribution in [0.2, 0.25) is 0 Å². The third kappa shape index (κ3) is 19.3. The number of likely N-dealkylation sites (tertiary alicyclic amines) is 1. The molecule has 3 aliphatic rings. The Hall–Kier alpha value is -7.08. The van der Waals surface area contributed by atoms with E-state index in [-0.39, 0.29) is 53.9 Å². The molecule has 2 fully saturated rings. The molecular formula is C68H86F3N7O12S2. The topological polar surface area (TPSA) is 215 Å². The van der Waals surface area contributed by atoms with E-state index < -0.39 is 46.9 Å². The van der Waals surface area contributed by atoms with Gasteiger partial charge in [-0.2, -0.15) is 18.4 Å². The summed E-state index contributed by atoms with van der Waals surface area (Å²) in [5, 5.41) is 22.8. The maximum atomic E-state index is 14.1. The highest BCUT2D eigenvalue weighted by atomic mass is 32.1. The molecule has 0 aliphatic carbocycles. The molecule has 498 valence electrons. The Morgan fingerprint density at radius 3 is 2.08 bits per heavy atom. The molecule has 92 heavy (non-hydrogen) atoms. The molecule has 1 aromatic heterocycles. The van der Waals surface area contributed by atoms with Crippen LogP contribution in [0.3, 0.4) is 0 Å². The van der Waals surface area contributed by atoms with E-state index in [0.29, 0.717) is 88.8 Å². The van der Waals surface area contributed by atoms with Gasteiger partial charge in [0.1, 0.15) is 42.3 Å². The number of carbonyl (C=O) groups is 4. The largest absolute Gasteiger partial charge is 0.491 e. The number of carbonyl (C=O) groups excluding carboxylic acids is 4. The number of unbranched alkanes of at least 4 members (excludes halogenated alkanes) is 5. The summed E-state index contributed by atoms with van der Waals surface area (Å²) in [6.07, 6.45) is 2.26. The zero-order valence-corrected chi connectivity index (χ0v) is 55.2. The van der Waals surface area contributed by atoms with Crippen molar-refractivity contribution in [1.82, 2.24) is 20.1 Å². The van der Waals surface area contributed by atoms with Crippen LogP contribution >= 0.6 is 23.6 Å². The van der Waals surface area contributed by atoms with Crippen LogP contribution in [0, 0.1) is 24.2 Å². The lowest BCUT2D eigenvalue weighted by Gasteiger charge is -2.35. The van der Waals surface area contributed by atoms with Crippen LogP contribution in [-0.2, 0) is 57.3 Å². The second-order valence-electron chi connectivity index (χ2n) is 23.4. The lowest BCUT2D eigenvalue weighted by atomic mass is 10.0. The number of aliphatic hydroxyl groups excluding tert-OH is 1. The van der Waals surface area contributed by atoms with Crippen LogP contribution in [0.5, 0.6) is 11.5 Å². The van der Waals surface area contributed by atoms with E-state index in [1.165, 1.54) is 30.2 Å². The number of aromatic nitrogens is 1. The van der Waals surface area contributed by atoms with Crippen LogP contribution in [0.15, 0.2) is 90.4 Å². The lowest BCUT2D eigenvalue weighted by molar-refractivity contribution is -0.143. The smallest absolute Gasteiger partial charge is 0.417 e. The van der Waals surface area contributed by atoms with Crippen molar-refractivity contribution in [3.05, 3.63) is 124 Å². The number of benzene rings is 4. The minimum atomic E-state index is -4.76. The van der Waals surface area contributed by atoms with Gasteiger partial charge in [0, 0.05) is 69.8 Å². The Labute approximate surface area is 547 Å². The molecule has 5 aromatic rings. The van der Waals surface area contributed by atoms with Crippen LogP contribution < -0.4 is 24.6 Å². The third-order valence-corrected chi connectivity index (χ3v) is 17.3. The van der Waals surface area contributed by atoms with E-state index >= 15 is 0 Å². The number of hydrogen-bond donors (Lipinski definition) is 2. The maximum Gasteiger partial charge on any atom is 0.417 e. The van der Waals surface area contributed by atoms with Crippen molar-refractivity contribution >= 4 is 63.7 Å². The summed E-state index contributed by atoms with van der Waals surface area (Å²) >= 11 is 7.12. The number of nitrogens with zero attached hydrogens (tertiary/aromatic N) is 6. The highest BCUT2D eigenvalue weighted by Gasteiger charge is 2.51. The molecule has 3 atom stereocenters. The van der Waals surface area contributed by atoms with Gasteiger partial charge < -0.3 is 58.3 Å². The normalized spacial score (nSPS) is 16.4. The molecule has 2 saturated heterocycles. The molecule has 19 nitrogen and oxygen atoms in total. The molecule has 0 bridgehead atoms. The number of aliphatic hydroxyl groups is 1. The van der Waals surface area contributed by atoms with Gasteiger partial charge in [-0.05, 0) is 130 Å². The number of hydrogen-bond acceptors (Lipinski definition) is 16. The van der Waals surface area contributed by atoms with Gasteiger partial charge in [-0.1, -0.05) is 70.4 Å². The van der Waals surface area contributed by atoms with Gasteiger partial charge in [-0.25, -0.2) is 4.98 Å². The second kappa shape index (κ2) is 35.3. The summed E-state index contributed by atoms with van der Waals surface area (Å²) in [5.41, 5.74) is 3.61. The van der Waals surface area contributed by atoms with E-state index in [9.17, 15) is 37.5 Å². The number of methoxy groups -OCH3 is 1. The third-order valence-electron chi connectivity index (χ3n) is 15.9. The van der Waals surface area contributed by atoms with E-state index in [0.717, 1.165) is 83.2 Å². The SMILES string of the molecule is CCCCCCOCCOCCOc1cc(-c2scnc2C)ccc1CNC(=O)[C@@H]1C[C@@H](O)CN1C(=O)[C@H](C(C)C)N1Cc2ccccc2C1=O.COCCCCCOCCOCCOc1ccc(N2C(=S)N(c3ccc(C#N)c(C(F)(F)F)c3)C(=O)C2(C)C)cc1. The predicted molar refractivity (Wildman–Crippen MR) is 349 cm³/mol. The van der Waals surface area contributed by atoms with Crippen LogP contribution in [-0.4, -0.2) is 159 Å². The number of β-amino-alcohol motifs (C(OH)–C–C–N with tert-alkyl or cyclic N) is 1. The van der Waals surface area contributed by atoms with Gasteiger partial charge in [-0.15, -0.1) is 11.3 Å². The summed E-state index contributed by atoms with van der Waals surface area (Å²) in [6, 6.07) is 23.1. The van der Waals surface area contributed by atoms with Gasteiger partial charge in [0.2, 0.25) is 11.8 Å². The molecular weight excluding hydrogens is 1230 g/mol. The van der Waals surface area contributed by atoms with Crippen molar-refractivity contribution in [2.45, 2.75) is 136 Å². The summed E-state index contributed by atoms with van der Waals surface area (Å²) < 4.78 is 80.0. The fourth-order valence-corrected chi connectivity index (χ4v) is 12.4. The average molecular weight is 1310 g/mol. The summed E-state index contributed by atoms with van der Waals surface area (Å²) in [6.45, 7) is 17.4. The van der Waals surface area contributed by atoms with Crippen molar-refractivity contribution in [2.75, 3.05) is 96.1 Å². The van der Waals surface area contributed by atoms with E-state index in [4.69, 9.17) is 50.6 Å². The lowest BCUT2D eigenvalue weighted by Crippen LogP contribution is -2.55. The number of nitrogens with one attached hydrogen (secondary N) is 1. The quantitative estimate of drug-likeness (QED) is 0.0289. The molecule has 0 spiro atoms.